The first-order chi connectivity index (χ1) is 16.6. The molecular weight excluding hydrogens is 449 g/mol. The largest absolute Gasteiger partial charge is 0.507 e. The maximum atomic E-state index is 15.5. The smallest absolute Gasteiger partial charge is 0.185 e. The summed E-state index contributed by atoms with van der Waals surface area (Å²) in [5, 5.41) is 31.0. The molecule has 2 bridgehead atoms. The van der Waals surface area contributed by atoms with Crippen molar-refractivity contribution in [2.24, 2.45) is 0 Å². The number of halogens is 1. The molecule has 1 aromatic carbocycles. The fourth-order valence-electron chi connectivity index (χ4n) is 5.42. The Bertz CT molecular complexity index is 1260. The van der Waals surface area contributed by atoms with Crippen LogP contribution in [0, 0.1) is 6.92 Å². The van der Waals surface area contributed by atoms with Crippen molar-refractivity contribution in [1.29, 1.82) is 0 Å². The fourth-order valence-corrected chi connectivity index (χ4v) is 5.42. The van der Waals surface area contributed by atoms with Gasteiger partial charge in [0.1, 0.15) is 23.4 Å². The van der Waals surface area contributed by atoms with Crippen molar-refractivity contribution in [2.45, 2.75) is 63.3 Å². The van der Waals surface area contributed by atoms with E-state index in [1.807, 2.05) is 25.8 Å². The number of phenols is 1. The molecule has 3 aromatic rings. The summed E-state index contributed by atoms with van der Waals surface area (Å²) < 4.78 is 20.8. The van der Waals surface area contributed by atoms with Crippen LogP contribution in [0.25, 0.3) is 22.6 Å². The molecular formula is C25H30FN7O2. The second kappa shape index (κ2) is 8.37. The summed E-state index contributed by atoms with van der Waals surface area (Å²) in [6.07, 6.45) is 2.98. The van der Waals surface area contributed by atoms with Crippen LogP contribution in [0.5, 0.6) is 11.5 Å². The molecule has 0 saturated carbocycles. The normalized spacial score (nSPS) is 27.6. The fraction of sp³-hybridized carbons (Fsp3) is 0.480. The quantitative estimate of drug-likeness (QED) is 0.568. The molecule has 2 aliphatic rings. The van der Waals surface area contributed by atoms with Crippen LogP contribution in [-0.4, -0.2) is 67.9 Å². The summed E-state index contributed by atoms with van der Waals surface area (Å²) in [6, 6.07) is 6.54. The standard InChI is InChI=1S/C25H30FN7O2/c1-14-20(35-5)11-17(29-28-14)15-6-7-16(19(34)10-15)23-27-13-21(30-31-23)33(4)18-12-24(2)8-9-25(3,32-24)22(18)26/h6-7,10-11,13,18,22,32,34H,8-9,12H2,1-5H3/t18-,22-,24-,25+/m0/s1. The first kappa shape index (κ1) is 23.3. The number of hydrogen-bond donors (Lipinski definition) is 2. The molecule has 2 fully saturated rings. The minimum atomic E-state index is -1.04. The van der Waals surface area contributed by atoms with Crippen LogP contribution in [0.3, 0.4) is 0 Å². The van der Waals surface area contributed by atoms with E-state index in [0.29, 0.717) is 40.5 Å². The monoisotopic (exact) mass is 479 g/mol. The second-order valence-corrected chi connectivity index (χ2v) is 10.1. The number of aryl methyl sites for hydroxylation is 1. The Hall–Kier alpha value is -3.40. The van der Waals surface area contributed by atoms with Gasteiger partial charge in [-0.15, -0.1) is 15.3 Å². The van der Waals surface area contributed by atoms with Gasteiger partial charge in [-0.05, 0) is 52.2 Å². The summed E-state index contributed by atoms with van der Waals surface area (Å²) >= 11 is 0. The lowest BCUT2D eigenvalue weighted by atomic mass is 9.82. The van der Waals surface area contributed by atoms with Crippen LogP contribution in [0.2, 0.25) is 0 Å². The molecule has 9 nitrogen and oxygen atoms in total. The SMILES string of the molecule is COc1cc(-c2ccc(-c3ncc(N(C)[C@H]4C[C@]5(C)CC[C@@](C)(N5)[C@H]4F)nn3)c(O)c2)nnc1C. The number of methoxy groups -OCH3 is 1. The first-order valence-electron chi connectivity index (χ1n) is 11.7. The van der Waals surface area contributed by atoms with Crippen LogP contribution in [-0.2, 0) is 0 Å². The van der Waals surface area contributed by atoms with Crippen LogP contribution in [0.1, 0.15) is 38.8 Å². The Morgan fingerprint density at radius 3 is 2.63 bits per heavy atom. The summed E-state index contributed by atoms with van der Waals surface area (Å²) in [4.78, 5) is 6.26. The summed E-state index contributed by atoms with van der Waals surface area (Å²) in [5.74, 6) is 1.38. The molecule has 2 saturated heterocycles. The van der Waals surface area contributed by atoms with E-state index in [1.54, 1.807) is 37.6 Å². The molecule has 0 spiro atoms. The van der Waals surface area contributed by atoms with Crippen molar-refractivity contribution < 1.29 is 14.2 Å². The number of benzene rings is 1. The molecule has 4 heterocycles. The third-order valence-corrected chi connectivity index (χ3v) is 7.48. The van der Waals surface area contributed by atoms with Crippen molar-refractivity contribution >= 4 is 5.82 Å². The number of ether oxygens (including phenoxy) is 1. The van der Waals surface area contributed by atoms with Crippen LogP contribution in [0.4, 0.5) is 10.2 Å². The van der Waals surface area contributed by atoms with Gasteiger partial charge in [-0.1, -0.05) is 6.07 Å². The zero-order valence-corrected chi connectivity index (χ0v) is 20.6. The number of aromatic hydroxyl groups is 1. The highest BCUT2D eigenvalue weighted by atomic mass is 19.1. The topological polar surface area (TPSA) is 109 Å². The number of anilines is 1. The minimum Gasteiger partial charge on any atom is -0.507 e. The zero-order chi connectivity index (χ0) is 25.0. The Morgan fingerprint density at radius 1 is 1.14 bits per heavy atom. The predicted octanol–water partition coefficient (Wildman–Crippen LogP) is 3.47. The Balaban J connectivity index is 1.37. The molecule has 0 radical (unpaired) electrons. The maximum absolute atomic E-state index is 15.5. The number of hydrogen-bond acceptors (Lipinski definition) is 9. The summed E-state index contributed by atoms with van der Waals surface area (Å²) in [7, 11) is 3.41. The molecule has 4 atom stereocenters. The number of piperidine rings is 1. The number of nitrogens with one attached hydrogen (secondary N) is 1. The highest BCUT2D eigenvalue weighted by Crippen LogP contribution is 2.45. The summed E-state index contributed by atoms with van der Waals surface area (Å²) in [5.41, 5.74) is 1.75. The van der Waals surface area contributed by atoms with Crippen molar-refractivity contribution in [3.63, 3.8) is 0 Å². The lowest BCUT2D eigenvalue weighted by Gasteiger charge is -2.47. The van der Waals surface area contributed by atoms with Gasteiger partial charge < -0.3 is 20.1 Å². The van der Waals surface area contributed by atoms with Crippen LogP contribution >= 0.6 is 0 Å². The lowest BCUT2D eigenvalue weighted by Crippen LogP contribution is -2.65. The van der Waals surface area contributed by atoms with Gasteiger partial charge in [-0.2, -0.15) is 5.10 Å². The van der Waals surface area contributed by atoms with E-state index < -0.39 is 11.7 Å². The molecule has 10 heteroatoms. The van der Waals surface area contributed by atoms with E-state index in [1.165, 1.54) is 0 Å². The molecule has 2 aromatic heterocycles. The number of rotatable bonds is 5. The van der Waals surface area contributed by atoms with Crippen molar-refractivity contribution in [1.82, 2.24) is 30.7 Å². The molecule has 0 unspecified atom stereocenters. The lowest BCUT2D eigenvalue weighted by molar-refractivity contribution is 0.0859. The maximum Gasteiger partial charge on any atom is 0.185 e. The average molecular weight is 480 g/mol. The highest BCUT2D eigenvalue weighted by molar-refractivity contribution is 5.71. The Morgan fingerprint density at radius 2 is 1.94 bits per heavy atom. The van der Waals surface area contributed by atoms with Crippen molar-refractivity contribution in [2.75, 3.05) is 19.1 Å². The number of aromatic nitrogens is 5. The van der Waals surface area contributed by atoms with E-state index >= 15 is 4.39 Å². The van der Waals surface area contributed by atoms with Gasteiger partial charge in [0.05, 0.1) is 30.6 Å². The minimum absolute atomic E-state index is 0.00801. The van der Waals surface area contributed by atoms with Gasteiger partial charge in [0.15, 0.2) is 11.6 Å². The van der Waals surface area contributed by atoms with E-state index in [-0.39, 0.29) is 23.2 Å². The molecule has 35 heavy (non-hydrogen) atoms. The first-order valence-corrected chi connectivity index (χ1v) is 11.7. The van der Waals surface area contributed by atoms with Gasteiger partial charge in [-0.3, -0.25) is 0 Å². The van der Waals surface area contributed by atoms with Gasteiger partial charge in [0, 0.05) is 29.8 Å². The van der Waals surface area contributed by atoms with E-state index in [2.05, 4.69) is 37.6 Å². The highest BCUT2D eigenvalue weighted by Gasteiger charge is 2.56. The van der Waals surface area contributed by atoms with Gasteiger partial charge in [0.2, 0.25) is 0 Å². The van der Waals surface area contributed by atoms with Gasteiger partial charge in [0.25, 0.3) is 0 Å². The van der Waals surface area contributed by atoms with Gasteiger partial charge in [-0.25, -0.2) is 9.37 Å². The third kappa shape index (κ3) is 4.05. The van der Waals surface area contributed by atoms with Crippen LogP contribution in [0.15, 0.2) is 30.5 Å². The zero-order valence-electron chi connectivity index (χ0n) is 20.6. The van der Waals surface area contributed by atoms with Crippen molar-refractivity contribution in [3.8, 4) is 34.1 Å². The molecule has 184 valence electrons. The Kier molecular flexibility index (Phi) is 5.58. The number of alkyl halides is 1. The number of fused-ring (bicyclic) bond motifs is 2. The summed E-state index contributed by atoms with van der Waals surface area (Å²) in [6.45, 7) is 5.93. The average Bonchev–Trinajstić information content (AvgIpc) is 3.13. The number of phenolic OH excluding ortho intramolecular Hbond substituents is 1. The van der Waals surface area contributed by atoms with E-state index in [0.717, 1.165) is 12.8 Å². The second-order valence-electron chi connectivity index (χ2n) is 10.1. The molecule has 0 amide bonds. The molecule has 2 aliphatic heterocycles. The van der Waals surface area contributed by atoms with Gasteiger partial charge >= 0.3 is 0 Å². The number of nitrogens with zero attached hydrogens (tertiary/aromatic N) is 6. The molecule has 0 aliphatic carbocycles. The predicted molar refractivity (Wildman–Crippen MR) is 130 cm³/mol. The molecule has 2 N–H and O–H groups in total. The third-order valence-electron chi connectivity index (χ3n) is 7.48. The molecule has 5 rings (SSSR count). The van der Waals surface area contributed by atoms with Crippen molar-refractivity contribution in [3.05, 3.63) is 36.2 Å². The Labute approximate surface area is 203 Å². The van der Waals surface area contributed by atoms with E-state index in [4.69, 9.17) is 4.74 Å². The van der Waals surface area contributed by atoms with E-state index in [9.17, 15) is 5.11 Å². The van der Waals surface area contributed by atoms with Crippen LogP contribution < -0.4 is 15.0 Å².